The minimum atomic E-state index is -0.404. The minimum Gasteiger partial charge on any atom is -0.347 e. The van der Waals surface area contributed by atoms with E-state index in [0.717, 1.165) is 31.5 Å². The minimum absolute atomic E-state index is 0.121. The maximum atomic E-state index is 12.7. The smallest absolute Gasteiger partial charge is 0.244 e. The fourth-order valence-electron chi connectivity index (χ4n) is 3.30. The number of ether oxygens (including phenoxy) is 2. The summed E-state index contributed by atoms with van der Waals surface area (Å²) in [5.41, 5.74) is 1.05. The molecule has 0 bridgehead atoms. The van der Waals surface area contributed by atoms with Crippen molar-refractivity contribution in [2.75, 3.05) is 40.4 Å². The molecule has 120 valence electrons. The van der Waals surface area contributed by atoms with Gasteiger partial charge >= 0.3 is 0 Å². The molecule has 0 radical (unpaired) electrons. The van der Waals surface area contributed by atoms with Crippen molar-refractivity contribution >= 4 is 5.91 Å². The molecule has 0 aliphatic carbocycles. The molecule has 0 N–H and O–H groups in total. The van der Waals surface area contributed by atoms with Crippen LogP contribution in [-0.4, -0.2) is 61.9 Å². The first-order chi connectivity index (χ1) is 10.6. The van der Waals surface area contributed by atoms with Gasteiger partial charge in [-0.1, -0.05) is 30.3 Å². The lowest BCUT2D eigenvalue weighted by atomic mass is 9.97. The highest BCUT2D eigenvalue weighted by Gasteiger charge is 2.42. The Bertz CT molecular complexity index is 502. The maximum absolute atomic E-state index is 12.7. The predicted octanol–water partition coefficient (Wildman–Crippen LogP) is 1.65. The SMILES string of the molecule is CN(C)C(=O)[C@@H](c1ccccc1)N1CCC2(CC1)OCCO2. The Morgan fingerprint density at radius 1 is 1.14 bits per heavy atom. The first kappa shape index (κ1) is 15.5. The lowest BCUT2D eigenvalue weighted by molar-refractivity contribution is -0.189. The van der Waals surface area contributed by atoms with Gasteiger partial charge in [0, 0.05) is 40.0 Å². The number of benzene rings is 1. The van der Waals surface area contributed by atoms with Crippen LogP contribution >= 0.6 is 0 Å². The van der Waals surface area contributed by atoms with Crippen LogP contribution < -0.4 is 0 Å². The van der Waals surface area contributed by atoms with E-state index in [1.54, 1.807) is 4.90 Å². The van der Waals surface area contributed by atoms with E-state index in [2.05, 4.69) is 4.90 Å². The van der Waals surface area contributed by atoms with Gasteiger partial charge < -0.3 is 14.4 Å². The van der Waals surface area contributed by atoms with Gasteiger partial charge in [0.1, 0.15) is 6.04 Å². The maximum Gasteiger partial charge on any atom is 0.244 e. The number of rotatable bonds is 3. The third-order valence-corrected chi connectivity index (χ3v) is 4.53. The summed E-state index contributed by atoms with van der Waals surface area (Å²) >= 11 is 0. The highest BCUT2D eigenvalue weighted by atomic mass is 16.7. The monoisotopic (exact) mass is 304 g/mol. The molecule has 22 heavy (non-hydrogen) atoms. The van der Waals surface area contributed by atoms with Crippen LogP contribution in [0.3, 0.4) is 0 Å². The number of piperidine rings is 1. The number of nitrogens with zero attached hydrogens (tertiary/aromatic N) is 2. The Morgan fingerprint density at radius 2 is 1.73 bits per heavy atom. The van der Waals surface area contributed by atoms with Gasteiger partial charge in [-0.05, 0) is 5.56 Å². The molecule has 2 aliphatic rings. The number of likely N-dealkylation sites (N-methyl/N-ethyl adjacent to an activating group) is 1. The number of carbonyl (C=O) groups excluding carboxylic acids is 1. The van der Waals surface area contributed by atoms with Crippen molar-refractivity contribution < 1.29 is 14.3 Å². The molecule has 0 aromatic heterocycles. The third-order valence-electron chi connectivity index (χ3n) is 4.53. The van der Waals surface area contributed by atoms with E-state index >= 15 is 0 Å². The molecule has 0 unspecified atom stereocenters. The number of amides is 1. The largest absolute Gasteiger partial charge is 0.347 e. The summed E-state index contributed by atoms with van der Waals surface area (Å²) in [5, 5.41) is 0. The van der Waals surface area contributed by atoms with E-state index < -0.39 is 5.79 Å². The molecule has 2 heterocycles. The molecule has 1 amide bonds. The van der Waals surface area contributed by atoms with E-state index in [0.29, 0.717) is 13.2 Å². The second kappa shape index (κ2) is 6.36. The van der Waals surface area contributed by atoms with Crippen LogP contribution in [0.15, 0.2) is 30.3 Å². The summed E-state index contributed by atoms with van der Waals surface area (Å²) in [5.74, 6) is -0.283. The average Bonchev–Trinajstić information content (AvgIpc) is 2.99. The molecule has 2 saturated heterocycles. The van der Waals surface area contributed by atoms with Crippen LogP contribution in [-0.2, 0) is 14.3 Å². The zero-order valence-corrected chi connectivity index (χ0v) is 13.3. The molecule has 1 aromatic rings. The summed E-state index contributed by atoms with van der Waals surface area (Å²) in [6.07, 6.45) is 1.63. The number of hydrogen-bond acceptors (Lipinski definition) is 4. The van der Waals surface area contributed by atoms with Crippen molar-refractivity contribution in [3.8, 4) is 0 Å². The molecular weight excluding hydrogens is 280 g/mol. The predicted molar refractivity (Wildman–Crippen MR) is 83.3 cm³/mol. The Balaban J connectivity index is 1.77. The lowest BCUT2D eigenvalue weighted by Crippen LogP contribution is -2.49. The van der Waals surface area contributed by atoms with E-state index in [9.17, 15) is 4.79 Å². The van der Waals surface area contributed by atoms with E-state index in [1.165, 1.54) is 0 Å². The first-order valence-corrected chi connectivity index (χ1v) is 7.89. The Morgan fingerprint density at radius 3 is 2.27 bits per heavy atom. The molecule has 2 aliphatic heterocycles. The summed E-state index contributed by atoms with van der Waals surface area (Å²) in [6.45, 7) is 2.97. The highest BCUT2D eigenvalue weighted by Crippen LogP contribution is 2.35. The van der Waals surface area contributed by atoms with Gasteiger partial charge in [0.05, 0.1) is 13.2 Å². The van der Waals surface area contributed by atoms with Crippen molar-refractivity contribution in [1.82, 2.24) is 9.80 Å². The normalized spacial score (nSPS) is 22.6. The fraction of sp³-hybridized carbons (Fsp3) is 0.588. The Kier molecular flexibility index (Phi) is 4.47. The van der Waals surface area contributed by atoms with E-state index in [4.69, 9.17) is 9.47 Å². The number of carbonyl (C=O) groups is 1. The van der Waals surface area contributed by atoms with Crippen LogP contribution in [0.1, 0.15) is 24.4 Å². The van der Waals surface area contributed by atoms with Gasteiger partial charge in [0.25, 0.3) is 0 Å². The van der Waals surface area contributed by atoms with Crippen LogP contribution in [0.5, 0.6) is 0 Å². The quantitative estimate of drug-likeness (QED) is 0.851. The van der Waals surface area contributed by atoms with Gasteiger partial charge in [0.15, 0.2) is 5.79 Å². The second-order valence-electron chi connectivity index (χ2n) is 6.19. The van der Waals surface area contributed by atoms with E-state index in [-0.39, 0.29) is 11.9 Å². The number of hydrogen-bond donors (Lipinski definition) is 0. The number of likely N-dealkylation sites (tertiary alicyclic amines) is 1. The highest BCUT2D eigenvalue weighted by molar-refractivity contribution is 5.82. The van der Waals surface area contributed by atoms with Gasteiger partial charge in [-0.2, -0.15) is 0 Å². The summed E-state index contributed by atoms with van der Waals surface area (Å²) in [7, 11) is 3.62. The van der Waals surface area contributed by atoms with Gasteiger partial charge in [-0.25, -0.2) is 0 Å². The van der Waals surface area contributed by atoms with Crippen molar-refractivity contribution in [2.45, 2.75) is 24.7 Å². The Hall–Kier alpha value is -1.43. The molecule has 1 atom stereocenters. The van der Waals surface area contributed by atoms with Crippen molar-refractivity contribution in [1.29, 1.82) is 0 Å². The van der Waals surface area contributed by atoms with Crippen molar-refractivity contribution in [3.63, 3.8) is 0 Å². The van der Waals surface area contributed by atoms with Crippen LogP contribution in [0.25, 0.3) is 0 Å². The fourth-order valence-corrected chi connectivity index (χ4v) is 3.30. The first-order valence-electron chi connectivity index (χ1n) is 7.89. The molecule has 0 saturated carbocycles. The van der Waals surface area contributed by atoms with Gasteiger partial charge in [-0.3, -0.25) is 9.69 Å². The van der Waals surface area contributed by atoms with Crippen LogP contribution in [0.2, 0.25) is 0 Å². The lowest BCUT2D eigenvalue weighted by Gasteiger charge is -2.41. The average molecular weight is 304 g/mol. The summed E-state index contributed by atoms with van der Waals surface area (Å²) in [4.78, 5) is 16.6. The molecule has 2 fully saturated rings. The molecule has 1 aromatic carbocycles. The Labute approximate surface area is 131 Å². The molecule has 1 spiro atoms. The molecule has 5 nitrogen and oxygen atoms in total. The van der Waals surface area contributed by atoms with Crippen LogP contribution in [0, 0.1) is 0 Å². The second-order valence-corrected chi connectivity index (χ2v) is 6.19. The van der Waals surface area contributed by atoms with Gasteiger partial charge in [-0.15, -0.1) is 0 Å². The molecule has 3 rings (SSSR count). The third kappa shape index (κ3) is 3.02. The zero-order valence-electron chi connectivity index (χ0n) is 13.3. The topological polar surface area (TPSA) is 42.0 Å². The summed E-state index contributed by atoms with van der Waals surface area (Å²) in [6, 6.07) is 9.78. The molecule has 5 heteroatoms. The van der Waals surface area contributed by atoms with Gasteiger partial charge in [0.2, 0.25) is 5.91 Å². The zero-order chi connectivity index (χ0) is 15.6. The standard InChI is InChI=1S/C17H24N2O3/c1-18(2)16(20)15(14-6-4-3-5-7-14)19-10-8-17(9-11-19)21-12-13-22-17/h3-7,15H,8-13H2,1-2H3/t15-/m1/s1. The van der Waals surface area contributed by atoms with Crippen molar-refractivity contribution in [2.24, 2.45) is 0 Å². The van der Waals surface area contributed by atoms with Crippen molar-refractivity contribution in [3.05, 3.63) is 35.9 Å². The molecular formula is C17H24N2O3. The van der Waals surface area contributed by atoms with Crippen LogP contribution in [0.4, 0.5) is 0 Å². The van der Waals surface area contributed by atoms with E-state index in [1.807, 2.05) is 44.4 Å². The summed E-state index contributed by atoms with van der Waals surface area (Å²) < 4.78 is 11.6.